The Morgan fingerprint density at radius 2 is 1.84 bits per heavy atom. The van der Waals surface area contributed by atoms with Crippen molar-refractivity contribution in [1.82, 2.24) is 0 Å². The van der Waals surface area contributed by atoms with Crippen LogP contribution in [0.2, 0.25) is 0 Å². The van der Waals surface area contributed by atoms with Gasteiger partial charge in [-0.3, -0.25) is 14.5 Å². The van der Waals surface area contributed by atoms with Crippen LogP contribution in [0.15, 0.2) is 52.1 Å². The van der Waals surface area contributed by atoms with E-state index in [2.05, 4.69) is 0 Å². The van der Waals surface area contributed by atoms with Gasteiger partial charge in [0.25, 0.3) is 5.91 Å². The van der Waals surface area contributed by atoms with Crippen LogP contribution in [0.1, 0.15) is 31.4 Å². The molecule has 2 N–H and O–H groups in total. The molecule has 0 aliphatic carbocycles. The highest BCUT2D eigenvalue weighted by Gasteiger charge is 2.46. The maximum Gasteiger partial charge on any atom is 0.294 e. The summed E-state index contributed by atoms with van der Waals surface area (Å²) in [5.74, 6) is -1.28. The minimum Gasteiger partial charge on any atom is -0.506 e. The zero-order valence-corrected chi connectivity index (χ0v) is 14.2. The second-order valence-electron chi connectivity index (χ2n) is 6.30. The first-order valence-corrected chi connectivity index (χ1v) is 7.98. The van der Waals surface area contributed by atoms with Crippen molar-refractivity contribution in [3.63, 3.8) is 0 Å². The van der Waals surface area contributed by atoms with E-state index in [0.717, 1.165) is 0 Å². The number of ketones is 1. The largest absolute Gasteiger partial charge is 0.506 e. The van der Waals surface area contributed by atoms with Crippen molar-refractivity contribution in [3.05, 3.63) is 59.3 Å². The minimum atomic E-state index is -0.926. The Bertz CT molecular complexity index is 877. The predicted molar refractivity (Wildman–Crippen MR) is 91.3 cm³/mol. The molecular weight excluding hydrogens is 322 g/mol. The minimum absolute atomic E-state index is 0.0161. The first-order valence-electron chi connectivity index (χ1n) is 7.98. The Labute approximate surface area is 145 Å². The first kappa shape index (κ1) is 16.8. The number of aliphatic hydroxyl groups excluding tert-OH is 1. The Balaban J connectivity index is 2.21. The third-order valence-corrected chi connectivity index (χ3v) is 4.17. The second kappa shape index (κ2) is 6.12. The number of nitrogens with zero attached hydrogens (tertiary/aromatic N) is 1. The van der Waals surface area contributed by atoms with Crippen LogP contribution in [0.5, 0.6) is 5.75 Å². The number of amides is 1. The maximum atomic E-state index is 12.7. The second-order valence-corrected chi connectivity index (χ2v) is 6.30. The number of hydrogen-bond donors (Lipinski definition) is 2. The van der Waals surface area contributed by atoms with Gasteiger partial charge in [-0.2, -0.15) is 0 Å². The highest BCUT2D eigenvalue weighted by molar-refractivity contribution is 6.17. The number of aryl methyl sites for hydroxylation is 1. The molecule has 6 heteroatoms. The highest BCUT2D eigenvalue weighted by atomic mass is 16.3. The number of hydrogen-bond acceptors (Lipinski definition) is 5. The number of para-hydroxylation sites is 2. The molecule has 0 saturated heterocycles. The van der Waals surface area contributed by atoms with E-state index in [-0.39, 0.29) is 22.8 Å². The van der Waals surface area contributed by atoms with Crippen LogP contribution in [0.3, 0.4) is 0 Å². The number of phenols is 1. The first-order chi connectivity index (χ1) is 11.8. The van der Waals surface area contributed by atoms with Gasteiger partial charge in [0.2, 0.25) is 0 Å². The standard InChI is InChI=1S/C19H19NO5/c1-10(2)17(22)15-16(14-9-8-11(3)25-14)20(19(24)18(15)23)12-6-4-5-7-13(12)21/h4-10,16,21,23H,1-3H3. The Kier molecular flexibility index (Phi) is 4.12. The summed E-state index contributed by atoms with van der Waals surface area (Å²) in [6.45, 7) is 5.14. The zero-order valence-electron chi connectivity index (χ0n) is 14.2. The van der Waals surface area contributed by atoms with Gasteiger partial charge in [-0.05, 0) is 31.2 Å². The third-order valence-electron chi connectivity index (χ3n) is 4.17. The van der Waals surface area contributed by atoms with Crippen LogP contribution in [0.4, 0.5) is 5.69 Å². The number of carbonyl (C=O) groups excluding carboxylic acids is 2. The van der Waals surface area contributed by atoms with E-state index in [1.165, 1.54) is 11.0 Å². The fraction of sp³-hybridized carbons (Fsp3) is 0.263. The smallest absolute Gasteiger partial charge is 0.294 e. The highest BCUT2D eigenvalue weighted by Crippen LogP contribution is 2.44. The molecule has 1 aromatic heterocycles. The summed E-state index contributed by atoms with van der Waals surface area (Å²) in [5.41, 5.74) is 0.183. The molecule has 130 valence electrons. The Hall–Kier alpha value is -3.02. The number of carbonyl (C=O) groups is 2. The fourth-order valence-corrected chi connectivity index (χ4v) is 2.95. The summed E-state index contributed by atoms with van der Waals surface area (Å²) in [6.07, 6.45) is 0. The van der Waals surface area contributed by atoms with Crippen molar-refractivity contribution in [2.75, 3.05) is 4.90 Å². The molecule has 1 aliphatic rings. The van der Waals surface area contributed by atoms with Crippen molar-refractivity contribution >= 4 is 17.4 Å². The van der Waals surface area contributed by atoms with Crippen molar-refractivity contribution in [1.29, 1.82) is 0 Å². The lowest BCUT2D eigenvalue weighted by Crippen LogP contribution is -2.31. The van der Waals surface area contributed by atoms with E-state index in [0.29, 0.717) is 11.5 Å². The summed E-state index contributed by atoms with van der Waals surface area (Å²) in [6, 6.07) is 8.72. The van der Waals surface area contributed by atoms with Gasteiger partial charge in [0.05, 0.1) is 11.3 Å². The SMILES string of the molecule is Cc1ccc(C2C(C(=O)C(C)C)=C(O)C(=O)N2c2ccccc2O)o1. The van der Waals surface area contributed by atoms with Crippen molar-refractivity contribution in [2.24, 2.45) is 5.92 Å². The van der Waals surface area contributed by atoms with Crippen LogP contribution in [0, 0.1) is 12.8 Å². The number of furan rings is 1. The van der Waals surface area contributed by atoms with Gasteiger partial charge in [0.1, 0.15) is 23.3 Å². The lowest BCUT2D eigenvalue weighted by molar-refractivity contribution is -0.119. The van der Waals surface area contributed by atoms with Crippen molar-refractivity contribution in [2.45, 2.75) is 26.8 Å². The summed E-state index contributed by atoms with van der Waals surface area (Å²) in [7, 11) is 0. The number of aromatic hydroxyl groups is 1. The molecular formula is C19H19NO5. The normalized spacial score (nSPS) is 17.7. The molecule has 0 radical (unpaired) electrons. The number of anilines is 1. The molecule has 1 unspecified atom stereocenters. The van der Waals surface area contributed by atoms with E-state index in [1.54, 1.807) is 51.1 Å². The van der Waals surface area contributed by atoms with Gasteiger partial charge in [0, 0.05) is 5.92 Å². The van der Waals surface area contributed by atoms with Crippen LogP contribution >= 0.6 is 0 Å². The van der Waals surface area contributed by atoms with Gasteiger partial charge in [0.15, 0.2) is 11.5 Å². The van der Waals surface area contributed by atoms with Crippen molar-refractivity contribution in [3.8, 4) is 5.75 Å². The lowest BCUT2D eigenvalue weighted by atomic mass is 9.94. The van der Waals surface area contributed by atoms with Crippen LogP contribution < -0.4 is 4.90 Å². The Morgan fingerprint density at radius 1 is 1.16 bits per heavy atom. The van der Waals surface area contributed by atoms with Crippen LogP contribution in [0.25, 0.3) is 0 Å². The predicted octanol–water partition coefficient (Wildman–Crippen LogP) is 3.42. The molecule has 1 atom stereocenters. The average Bonchev–Trinajstić information content (AvgIpc) is 3.10. The van der Waals surface area contributed by atoms with Gasteiger partial charge < -0.3 is 14.6 Å². The number of phenolic OH excluding ortho intramolecular Hbond substituents is 1. The zero-order chi connectivity index (χ0) is 18.3. The molecule has 1 aliphatic heterocycles. The van der Waals surface area contributed by atoms with Gasteiger partial charge >= 0.3 is 0 Å². The third kappa shape index (κ3) is 2.69. The topological polar surface area (TPSA) is 91.0 Å². The van der Waals surface area contributed by atoms with E-state index in [9.17, 15) is 19.8 Å². The number of aliphatic hydroxyl groups is 1. The summed E-state index contributed by atoms with van der Waals surface area (Å²) >= 11 is 0. The van der Waals surface area contributed by atoms with Crippen molar-refractivity contribution < 1.29 is 24.2 Å². The number of Topliss-reactive ketones (excluding diaryl/α,β-unsaturated/α-hetero) is 1. The van der Waals surface area contributed by atoms with E-state index in [4.69, 9.17) is 4.42 Å². The molecule has 0 saturated carbocycles. The van der Waals surface area contributed by atoms with Crippen LogP contribution in [-0.4, -0.2) is 21.9 Å². The molecule has 1 amide bonds. The lowest BCUT2D eigenvalue weighted by Gasteiger charge is -2.26. The average molecular weight is 341 g/mol. The molecule has 25 heavy (non-hydrogen) atoms. The number of benzene rings is 1. The quantitative estimate of drug-likeness (QED) is 0.889. The van der Waals surface area contributed by atoms with E-state index in [1.807, 2.05) is 0 Å². The monoisotopic (exact) mass is 341 g/mol. The van der Waals surface area contributed by atoms with Gasteiger partial charge in [-0.25, -0.2) is 0 Å². The van der Waals surface area contributed by atoms with E-state index >= 15 is 0 Å². The molecule has 0 spiro atoms. The van der Waals surface area contributed by atoms with E-state index < -0.39 is 23.6 Å². The molecule has 0 fully saturated rings. The molecule has 1 aromatic carbocycles. The Morgan fingerprint density at radius 3 is 2.40 bits per heavy atom. The molecule has 6 nitrogen and oxygen atoms in total. The molecule has 0 bridgehead atoms. The maximum absolute atomic E-state index is 12.7. The molecule has 3 rings (SSSR count). The molecule has 2 heterocycles. The van der Waals surface area contributed by atoms with Gasteiger partial charge in [-0.15, -0.1) is 0 Å². The molecule has 2 aromatic rings. The van der Waals surface area contributed by atoms with Gasteiger partial charge in [-0.1, -0.05) is 26.0 Å². The summed E-state index contributed by atoms with van der Waals surface area (Å²) < 4.78 is 5.64. The van der Waals surface area contributed by atoms with Crippen LogP contribution in [-0.2, 0) is 9.59 Å². The summed E-state index contributed by atoms with van der Waals surface area (Å²) in [5, 5.41) is 20.6. The summed E-state index contributed by atoms with van der Waals surface area (Å²) in [4.78, 5) is 26.5. The number of rotatable bonds is 4. The fourth-order valence-electron chi connectivity index (χ4n) is 2.95.